The van der Waals surface area contributed by atoms with E-state index in [1.165, 1.54) is 0 Å². The lowest BCUT2D eigenvalue weighted by atomic mass is 10.2. The molecule has 0 aliphatic carbocycles. The molecule has 6 heteroatoms. The van der Waals surface area contributed by atoms with Crippen molar-refractivity contribution in [1.82, 2.24) is 5.32 Å². The van der Waals surface area contributed by atoms with Crippen LogP contribution < -0.4 is 10.2 Å². The van der Waals surface area contributed by atoms with Crippen molar-refractivity contribution in [3.63, 3.8) is 0 Å². The number of carbonyl (C=O) groups excluding carboxylic acids is 1. The van der Waals surface area contributed by atoms with Crippen LogP contribution >= 0.6 is 22.9 Å². The number of hydrogen-bond acceptors (Lipinski definition) is 4. The summed E-state index contributed by atoms with van der Waals surface area (Å²) in [7, 11) is 4.01. The standard InChI is InChI=1S/C20H24ClN3OS/c1-24(2)17-8-7-15-11-18(26-19(15)13-17)12-16(14-22)20(25)23-10-6-4-3-5-9-21/h7-8,11-13H,3-6,9-10H2,1-2H3,(H,23,25)/b16-12+. The zero-order chi connectivity index (χ0) is 18.9. The van der Waals surface area contributed by atoms with Crippen LogP contribution in [0.1, 0.15) is 30.6 Å². The number of thiophene rings is 1. The van der Waals surface area contributed by atoms with E-state index in [2.05, 4.69) is 28.4 Å². The van der Waals surface area contributed by atoms with E-state index in [-0.39, 0.29) is 11.5 Å². The number of rotatable bonds is 9. The summed E-state index contributed by atoms with van der Waals surface area (Å²) < 4.78 is 1.14. The van der Waals surface area contributed by atoms with Crippen molar-refractivity contribution in [2.45, 2.75) is 25.7 Å². The summed E-state index contributed by atoms with van der Waals surface area (Å²) in [4.78, 5) is 15.2. The first-order chi connectivity index (χ1) is 12.5. The highest BCUT2D eigenvalue weighted by Gasteiger charge is 2.10. The fourth-order valence-electron chi connectivity index (χ4n) is 2.55. The molecule has 1 amide bonds. The third kappa shape index (κ3) is 5.76. The van der Waals surface area contributed by atoms with E-state index < -0.39 is 0 Å². The van der Waals surface area contributed by atoms with Gasteiger partial charge in [0.25, 0.3) is 5.91 Å². The average molecular weight is 390 g/mol. The molecule has 0 aliphatic rings. The van der Waals surface area contributed by atoms with E-state index in [1.807, 2.05) is 26.2 Å². The lowest BCUT2D eigenvalue weighted by Crippen LogP contribution is -2.25. The number of nitriles is 1. The van der Waals surface area contributed by atoms with Crippen molar-refractivity contribution >= 4 is 50.7 Å². The molecular formula is C20H24ClN3OS. The summed E-state index contributed by atoms with van der Waals surface area (Å²) in [5.74, 6) is 0.370. The Morgan fingerprint density at radius 3 is 2.73 bits per heavy atom. The van der Waals surface area contributed by atoms with E-state index >= 15 is 0 Å². The van der Waals surface area contributed by atoms with Crippen LogP contribution in [0.2, 0.25) is 0 Å². The van der Waals surface area contributed by atoms with Gasteiger partial charge in [0.05, 0.1) is 0 Å². The first-order valence-electron chi connectivity index (χ1n) is 8.72. The van der Waals surface area contributed by atoms with Gasteiger partial charge in [-0.1, -0.05) is 18.9 Å². The van der Waals surface area contributed by atoms with Gasteiger partial charge in [-0.25, -0.2) is 0 Å². The summed E-state index contributed by atoms with van der Waals surface area (Å²) >= 11 is 7.22. The number of carbonyl (C=O) groups is 1. The molecule has 138 valence electrons. The summed E-state index contributed by atoms with van der Waals surface area (Å²) in [5.41, 5.74) is 1.27. The molecule has 0 bridgehead atoms. The van der Waals surface area contributed by atoms with Crippen LogP contribution in [0.15, 0.2) is 29.8 Å². The minimum atomic E-state index is -0.309. The number of fused-ring (bicyclic) bond motifs is 1. The molecule has 26 heavy (non-hydrogen) atoms. The molecule has 0 spiro atoms. The lowest BCUT2D eigenvalue weighted by molar-refractivity contribution is -0.117. The second-order valence-electron chi connectivity index (χ2n) is 6.29. The summed E-state index contributed by atoms with van der Waals surface area (Å²) in [6.45, 7) is 0.582. The van der Waals surface area contributed by atoms with Gasteiger partial charge in [0.1, 0.15) is 11.6 Å². The Hall–Kier alpha value is -2.03. The predicted molar refractivity (Wildman–Crippen MR) is 112 cm³/mol. The molecule has 0 saturated carbocycles. The lowest BCUT2D eigenvalue weighted by Gasteiger charge is -2.11. The molecule has 0 fully saturated rings. The molecule has 0 atom stereocenters. The Morgan fingerprint density at radius 2 is 2.04 bits per heavy atom. The van der Waals surface area contributed by atoms with Crippen LogP contribution in [0, 0.1) is 11.3 Å². The molecule has 1 aromatic carbocycles. The molecule has 4 nitrogen and oxygen atoms in total. The van der Waals surface area contributed by atoms with Gasteiger partial charge in [0, 0.05) is 41.8 Å². The fourth-order valence-corrected chi connectivity index (χ4v) is 3.78. The molecule has 2 rings (SSSR count). The second kappa shape index (κ2) is 10.2. The van der Waals surface area contributed by atoms with Crippen LogP contribution in [-0.2, 0) is 4.79 Å². The monoisotopic (exact) mass is 389 g/mol. The van der Waals surface area contributed by atoms with Crippen LogP contribution in [0.5, 0.6) is 0 Å². The molecule has 2 aromatic rings. The first kappa shape index (κ1) is 20.3. The molecule has 0 unspecified atom stereocenters. The molecule has 0 radical (unpaired) electrons. The number of anilines is 1. The number of unbranched alkanes of at least 4 members (excludes halogenated alkanes) is 3. The summed E-state index contributed by atoms with van der Waals surface area (Å²) in [5, 5.41) is 13.3. The molecule has 1 aromatic heterocycles. The quantitative estimate of drug-likeness (QED) is 0.290. The highest BCUT2D eigenvalue weighted by atomic mass is 35.5. The Kier molecular flexibility index (Phi) is 7.96. The van der Waals surface area contributed by atoms with Gasteiger partial charge in [0.15, 0.2) is 0 Å². The molecule has 1 N–H and O–H groups in total. The van der Waals surface area contributed by atoms with Gasteiger partial charge in [-0.05, 0) is 42.5 Å². The van der Waals surface area contributed by atoms with Crippen molar-refractivity contribution in [2.24, 2.45) is 0 Å². The predicted octanol–water partition coefficient (Wildman–Crippen LogP) is 4.79. The third-order valence-electron chi connectivity index (χ3n) is 4.04. The zero-order valence-corrected chi connectivity index (χ0v) is 16.8. The molecule has 0 saturated heterocycles. The number of benzene rings is 1. The van der Waals surface area contributed by atoms with Gasteiger partial charge >= 0.3 is 0 Å². The maximum Gasteiger partial charge on any atom is 0.261 e. The van der Waals surface area contributed by atoms with E-state index in [9.17, 15) is 10.1 Å². The summed E-state index contributed by atoms with van der Waals surface area (Å²) in [6, 6.07) is 10.3. The number of amides is 1. The minimum absolute atomic E-state index is 0.144. The maximum absolute atomic E-state index is 12.2. The van der Waals surface area contributed by atoms with Crippen molar-refractivity contribution in [3.05, 3.63) is 34.7 Å². The number of halogens is 1. The SMILES string of the molecule is CN(C)c1ccc2cc(/C=C(\C#N)C(=O)NCCCCCCCl)sc2c1. The van der Waals surface area contributed by atoms with E-state index in [4.69, 9.17) is 11.6 Å². The van der Waals surface area contributed by atoms with Crippen molar-refractivity contribution < 1.29 is 4.79 Å². The van der Waals surface area contributed by atoms with Crippen LogP contribution in [-0.4, -0.2) is 32.4 Å². The van der Waals surface area contributed by atoms with Gasteiger partial charge in [-0.3, -0.25) is 4.79 Å². The van der Waals surface area contributed by atoms with Crippen molar-refractivity contribution in [1.29, 1.82) is 5.26 Å². The van der Waals surface area contributed by atoms with Crippen molar-refractivity contribution in [2.75, 3.05) is 31.4 Å². The topological polar surface area (TPSA) is 56.1 Å². The van der Waals surface area contributed by atoms with Crippen LogP contribution in [0.25, 0.3) is 16.2 Å². The van der Waals surface area contributed by atoms with Gasteiger partial charge in [-0.15, -0.1) is 22.9 Å². The normalized spacial score (nSPS) is 11.4. The highest BCUT2D eigenvalue weighted by Crippen LogP contribution is 2.30. The Balaban J connectivity index is 2.02. The Labute approximate surface area is 164 Å². The first-order valence-corrected chi connectivity index (χ1v) is 10.1. The van der Waals surface area contributed by atoms with E-state index in [0.29, 0.717) is 12.4 Å². The summed E-state index contributed by atoms with van der Waals surface area (Å²) in [6.07, 6.45) is 5.67. The average Bonchev–Trinajstić information content (AvgIpc) is 3.03. The number of nitrogens with one attached hydrogen (secondary N) is 1. The largest absolute Gasteiger partial charge is 0.378 e. The van der Waals surface area contributed by atoms with Gasteiger partial charge in [-0.2, -0.15) is 5.26 Å². The Bertz CT molecular complexity index is 820. The maximum atomic E-state index is 12.2. The fraction of sp³-hybridized carbons (Fsp3) is 0.400. The van der Waals surface area contributed by atoms with Gasteiger partial charge in [0.2, 0.25) is 0 Å². The van der Waals surface area contributed by atoms with E-state index in [0.717, 1.165) is 46.3 Å². The number of nitrogens with zero attached hydrogens (tertiary/aromatic N) is 2. The van der Waals surface area contributed by atoms with Crippen molar-refractivity contribution in [3.8, 4) is 6.07 Å². The molecule has 1 heterocycles. The second-order valence-corrected chi connectivity index (χ2v) is 7.79. The molecular weight excluding hydrogens is 366 g/mol. The highest BCUT2D eigenvalue weighted by molar-refractivity contribution is 7.19. The third-order valence-corrected chi connectivity index (χ3v) is 5.35. The van der Waals surface area contributed by atoms with E-state index in [1.54, 1.807) is 17.4 Å². The Morgan fingerprint density at radius 1 is 1.27 bits per heavy atom. The minimum Gasteiger partial charge on any atom is -0.378 e. The van der Waals surface area contributed by atoms with Gasteiger partial charge < -0.3 is 10.2 Å². The van der Waals surface area contributed by atoms with Crippen LogP contribution in [0.4, 0.5) is 5.69 Å². The number of alkyl halides is 1. The zero-order valence-electron chi connectivity index (χ0n) is 15.2. The number of hydrogen-bond donors (Lipinski definition) is 1. The smallest absolute Gasteiger partial charge is 0.261 e. The molecule has 0 aliphatic heterocycles. The van der Waals surface area contributed by atoms with Crippen LogP contribution in [0.3, 0.4) is 0 Å².